The van der Waals surface area contributed by atoms with Gasteiger partial charge in [0.25, 0.3) is 0 Å². The van der Waals surface area contributed by atoms with Crippen LogP contribution in [-0.4, -0.2) is 25.7 Å². The van der Waals surface area contributed by atoms with Crippen LogP contribution in [0.2, 0.25) is 0 Å². The highest BCUT2D eigenvalue weighted by molar-refractivity contribution is 5.89. The predicted octanol–water partition coefficient (Wildman–Crippen LogP) is 4.55. The minimum absolute atomic E-state index is 0.0843. The number of hydrogen-bond acceptors (Lipinski definition) is 4. The molecule has 0 aromatic heterocycles. The third-order valence-corrected chi connectivity index (χ3v) is 6.00. The van der Waals surface area contributed by atoms with Crippen molar-refractivity contribution in [1.29, 1.82) is 0 Å². The zero-order chi connectivity index (χ0) is 20.3. The van der Waals surface area contributed by atoms with Gasteiger partial charge in [-0.2, -0.15) is 0 Å². The molecule has 1 unspecified atom stereocenters. The second kappa shape index (κ2) is 8.36. The molecule has 0 spiro atoms. The summed E-state index contributed by atoms with van der Waals surface area (Å²) < 4.78 is 17.0. The van der Waals surface area contributed by atoms with Crippen molar-refractivity contribution in [3.63, 3.8) is 0 Å². The van der Waals surface area contributed by atoms with Crippen molar-refractivity contribution in [1.82, 2.24) is 5.32 Å². The Hall–Kier alpha value is -2.69. The summed E-state index contributed by atoms with van der Waals surface area (Å²) in [6.07, 6.45) is 3.81. The van der Waals surface area contributed by atoms with Gasteiger partial charge >= 0.3 is 0 Å². The fourth-order valence-corrected chi connectivity index (χ4v) is 4.42. The molecule has 5 nitrogen and oxygen atoms in total. The van der Waals surface area contributed by atoms with Crippen molar-refractivity contribution >= 4 is 5.91 Å². The van der Waals surface area contributed by atoms with Crippen molar-refractivity contribution < 1.29 is 19.0 Å². The van der Waals surface area contributed by atoms with E-state index in [1.54, 1.807) is 0 Å². The first-order valence-electron chi connectivity index (χ1n) is 10.6. The highest BCUT2D eigenvalue weighted by atomic mass is 16.6. The molecular formula is C24H29NO4. The first-order chi connectivity index (χ1) is 14.1. The molecule has 0 bridgehead atoms. The van der Waals surface area contributed by atoms with Gasteiger partial charge in [-0.15, -0.1) is 0 Å². The lowest BCUT2D eigenvalue weighted by atomic mass is 9.77. The Morgan fingerprint density at radius 1 is 1.10 bits per heavy atom. The Kier molecular flexibility index (Phi) is 5.65. The quantitative estimate of drug-likeness (QED) is 0.780. The smallest absolute Gasteiger partial charge is 0.231 e. The number of carbonyl (C=O) groups excluding carboxylic acids is 1. The van der Waals surface area contributed by atoms with Crippen LogP contribution in [0.4, 0.5) is 0 Å². The van der Waals surface area contributed by atoms with Crippen molar-refractivity contribution in [3.8, 4) is 17.2 Å². The summed E-state index contributed by atoms with van der Waals surface area (Å²) in [6.45, 7) is 5.72. The van der Waals surface area contributed by atoms with E-state index in [0.717, 1.165) is 54.1 Å². The lowest BCUT2D eigenvalue weighted by Crippen LogP contribution is -2.43. The van der Waals surface area contributed by atoms with Gasteiger partial charge in [0.05, 0.1) is 18.1 Å². The summed E-state index contributed by atoms with van der Waals surface area (Å²) in [7, 11) is 0. The largest absolute Gasteiger partial charge is 0.494 e. The van der Waals surface area contributed by atoms with Crippen LogP contribution in [0.1, 0.15) is 56.7 Å². The topological polar surface area (TPSA) is 56.8 Å². The van der Waals surface area contributed by atoms with E-state index in [1.165, 1.54) is 0 Å². The molecule has 2 aliphatic rings. The highest BCUT2D eigenvalue weighted by Crippen LogP contribution is 2.44. The summed E-state index contributed by atoms with van der Waals surface area (Å²) in [5.41, 5.74) is 1.55. The lowest BCUT2D eigenvalue weighted by molar-refractivity contribution is -0.127. The molecule has 5 heteroatoms. The molecule has 1 aliphatic carbocycles. The number of nitrogens with one attached hydrogen (secondary N) is 1. The number of amides is 1. The highest BCUT2D eigenvalue weighted by Gasteiger charge is 2.43. The van der Waals surface area contributed by atoms with Crippen LogP contribution < -0.4 is 19.5 Å². The molecule has 4 rings (SSSR count). The van der Waals surface area contributed by atoms with E-state index in [1.807, 2.05) is 56.3 Å². The molecule has 154 valence electrons. The summed E-state index contributed by atoms with van der Waals surface area (Å²) >= 11 is 0. The van der Waals surface area contributed by atoms with Crippen LogP contribution in [-0.2, 0) is 10.2 Å². The molecule has 1 N–H and O–H groups in total. The Labute approximate surface area is 172 Å². The SMILES string of the molecule is CCOc1cccc(C(C)NC(=O)C2(c3ccc4c(c3)OCCO4)CCCC2)c1. The van der Waals surface area contributed by atoms with Crippen LogP contribution in [0.3, 0.4) is 0 Å². The van der Waals surface area contributed by atoms with E-state index in [0.29, 0.717) is 19.8 Å². The standard InChI is InChI=1S/C24H29NO4/c1-3-27-20-8-6-7-18(15-20)17(2)25-23(26)24(11-4-5-12-24)19-9-10-21-22(16-19)29-14-13-28-21/h6-10,15-17H,3-5,11-14H2,1-2H3,(H,25,26). The lowest BCUT2D eigenvalue weighted by Gasteiger charge is -2.31. The molecule has 1 fully saturated rings. The van der Waals surface area contributed by atoms with E-state index in [2.05, 4.69) is 5.32 Å². The Balaban J connectivity index is 1.57. The van der Waals surface area contributed by atoms with Gasteiger partial charge in [0.15, 0.2) is 11.5 Å². The predicted molar refractivity (Wildman–Crippen MR) is 112 cm³/mol. The number of hydrogen-bond donors (Lipinski definition) is 1. The average molecular weight is 395 g/mol. The summed E-state index contributed by atoms with van der Waals surface area (Å²) in [4.78, 5) is 13.5. The molecular weight excluding hydrogens is 366 g/mol. The van der Waals surface area contributed by atoms with Crippen LogP contribution in [0, 0.1) is 0 Å². The molecule has 0 radical (unpaired) electrons. The molecule has 2 aromatic carbocycles. The molecule has 1 saturated carbocycles. The van der Waals surface area contributed by atoms with Crippen molar-refractivity contribution in [3.05, 3.63) is 53.6 Å². The molecule has 0 saturated heterocycles. The molecule has 1 amide bonds. The number of benzene rings is 2. The third kappa shape index (κ3) is 3.91. The number of rotatable bonds is 6. The first-order valence-corrected chi connectivity index (χ1v) is 10.6. The normalized spacial score (nSPS) is 18.1. The second-order valence-electron chi connectivity index (χ2n) is 7.85. The van der Waals surface area contributed by atoms with Crippen LogP contribution in [0.15, 0.2) is 42.5 Å². The molecule has 2 aromatic rings. The molecule has 1 atom stereocenters. The molecule has 29 heavy (non-hydrogen) atoms. The maximum Gasteiger partial charge on any atom is 0.231 e. The van der Waals surface area contributed by atoms with Gasteiger partial charge in [0.2, 0.25) is 5.91 Å². The minimum atomic E-state index is -0.512. The van der Waals surface area contributed by atoms with E-state index in [9.17, 15) is 4.79 Å². The van der Waals surface area contributed by atoms with Gasteiger partial charge in [-0.05, 0) is 62.1 Å². The zero-order valence-electron chi connectivity index (χ0n) is 17.2. The summed E-state index contributed by atoms with van der Waals surface area (Å²) in [6, 6.07) is 13.8. The van der Waals surface area contributed by atoms with Crippen molar-refractivity contribution in [2.24, 2.45) is 0 Å². The van der Waals surface area contributed by atoms with Crippen LogP contribution in [0.5, 0.6) is 17.2 Å². The van der Waals surface area contributed by atoms with Gasteiger partial charge in [0, 0.05) is 0 Å². The second-order valence-corrected chi connectivity index (χ2v) is 7.85. The third-order valence-electron chi connectivity index (χ3n) is 6.00. The fraction of sp³-hybridized carbons (Fsp3) is 0.458. The zero-order valence-corrected chi connectivity index (χ0v) is 17.2. The van der Waals surface area contributed by atoms with Crippen molar-refractivity contribution in [2.45, 2.75) is 51.0 Å². The number of ether oxygens (including phenoxy) is 3. The van der Waals surface area contributed by atoms with E-state index >= 15 is 0 Å². The van der Waals surface area contributed by atoms with Crippen LogP contribution >= 0.6 is 0 Å². The van der Waals surface area contributed by atoms with E-state index in [4.69, 9.17) is 14.2 Å². The number of fused-ring (bicyclic) bond motifs is 1. The van der Waals surface area contributed by atoms with Crippen molar-refractivity contribution in [2.75, 3.05) is 19.8 Å². The summed E-state index contributed by atoms with van der Waals surface area (Å²) in [5.74, 6) is 2.41. The van der Waals surface area contributed by atoms with Gasteiger partial charge in [0.1, 0.15) is 19.0 Å². The summed E-state index contributed by atoms with van der Waals surface area (Å²) in [5, 5.41) is 3.26. The Morgan fingerprint density at radius 2 is 1.86 bits per heavy atom. The first kappa shape index (κ1) is 19.6. The number of carbonyl (C=O) groups is 1. The molecule has 1 heterocycles. The maximum absolute atomic E-state index is 13.5. The average Bonchev–Trinajstić information content (AvgIpc) is 3.25. The van der Waals surface area contributed by atoms with Gasteiger partial charge in [-0.1, -0.05) is 31.0 Å². The Bertz CT molecular complexity index is 873. The Morgan fingerprint density at radius 3 is 2.62 bits per heavy atom. The van der Waals surface area contributed by atoms with Crippen LogP contribution in [0.25, 0.3) is 0 Å². The monoisotopic (exact) mass is 395 g/mol. The maximum atomic E-state index is 13.5. The van der Waals surface area contributed by atoms with E-state index < -0.39 is 5.41 Å². The fourth-order valence-electron chi connectivity index (χ4n) is 4.42. The van der Waals surface area contributed by atoms with Gasteiger partial charge < -0.3 is 19.5 Å². The molecule has 1 aliphatic heterocycles. The minimum Gasteiger partial charge on any atom is -0.494 e. The van der Waals surface area contributed by atoms with Gasteiger partial charge in [-0.3, -0.25) is 4.79 Å². The van der Waals surface area contributed by atoms with E-state index in [-0.39, 0.29) is 11.9 Å². The van der Waals surface area contributed by atoms with Gasteiger partial charge in [-0.25, -0.2) is 0 Å².